The summed E-state index contributed by atoms with van der Waals surface area (Å²) < 4.78 is 0. The molecule has 0 saturated carbocycles. The number of hydrogen-bond acceptors (Lipinski definition) is 3. The van der Waals surface area contributed by atoms with E-state index < -0.39 is 0 Å². The SMILES string of the molecule is C=C(C)C(=O)NC(C)C.NN. The second kappa shape index (κ2) is 7.24. The molecule has 0 aromatic rings. The van der Waals surface area contributed by atoms with E-state index in [1.807, 2.05) is 13.8 Å². The van der Waals surface area contributed by atoms with E-state index in [-0.39, 0.29) is 11.9 Å². The molecule has 0 aromatic heterocycles. The van der Waals surface area contributed by atoms with Crippen molar-refractivity contribution in [3.63, 3.8) is 0 Å². The highest BCUT2D eigenvalue weighted by molar-refractivity contribution is 5.92. The van der Waals surface area contributed by atoms with Gasteiger partial charge in [-0.2, -0.15) is 0 Å². The monoisotopic (exact) mass is 159 g/mol. The van der Waals surface area contributed by atoms with Crippen molar-refractivity contribution in [1.82, 2.24) is 5.32 Å². The predicted molar refractivity (Wildman–Crippen MR) is 46.5 cm³/mol. The van der Waals surface area contributed by atoms with Gasteiger partial charge in [-0.05, 0) is 20.8 Å². The molecule has 0 saturated heterocycles. The van der Waals surface area contributed by atoms with Gasteiger partial charge in [-0.1, -0.05) is 6.58 Å². The summed E-state index contributed by atoms with van der Waals surface area (Å²) >= 11 is 0. The van der Waals surface area contributed by atoms with Crippen molar-refractivity contribution >= 4 is 5.91 Å². The van der Waals surface area contributed by atoms with Crippen LogP contribution >= 0.6 is 0 Å². The van der Waals surface area contributed by atoms with Gasteiger partial charge < -0.3 is 5.32 Å². The third kappa shape index (κ3) is 9.13. The normalized spacial score (nSPS) is 8.18. The maximum atomic E-state index is 10.7. The van der Waals surface area contributed by atoms with Crippen molar-refractivity contribution in [2.75, 3.05) is 0 Å². The summed E-state index contributed by atoms with van der Waals surface area (Å²) in [6.45, 7) is 9.02. The molecule has 66 valence electrons. The zero-order valence-electron chi connectivity index (χ0n) is 7.35. The average molecular weight is 159 g/mol. The molecule has 0 aromatic carbocycles. The number of carbonyl (C=O) groups is 1. The molecule has 4 nitrogen and oxygen atoms in total. The molecule has 0 heterocycles. The van der Waals surface area contributed by atoms with E-state index in [4.69, 9.17) is 0 Å². The van der Waals surface area contributed by atoms with Crippen molar-refractivity contribution in [1.29, 1.82) is 0 Å². The molecule has 0 aliphatic carbocycles. The molecule has 0 aliphatic rings. The number of hydrazine groups is 1. The van der Waals surface area contributed by atoms with Crippen molar-refractivity contribution in [2.24, 2.45) is 11.7 Å². The standard InChI is InChI=1S/C7H13NO.H4N2/c1-5(2)7(9)8-6(3)4;1-2/h6H,1H2,2-4H3,(H,8,9);1-2H2. The summed E-state index contributed by atoms with van der Waals surface area (Å²) in [6, 6.07) is 0.203. The highest BCUT2D eigenvalue weighted by Crippen LogP contribution is 1.87. The fourth-order valence-electron chi connectivity index (χ4n) is 0.385. The minimum atomic E-state index is -0.0648. The van der Waals surface area contributed by atoms with Crippen LogP contribution in [0.5, 0.6) is 0 Å². The molecule has 5 N–H and O–H groups in total. The third-order valence-corrected chi connectivity index (χ3v) is 0.807. The zero-order valence-corrected chi connectivity index (χ0v) is 7.35. The summed E-state index contributed by atoms with van der Waals surface area (Å²) in [5.74, 6) is 7.94. The van der Waals surface area contributed by atoms with E-state index in [0.717, 1.165) is 0 Å². The Labute approximate surface area is 67.6 Å². The zero-order chi connectivity index (χ0) is 9.44. The van der Waals surface area contributed by atoms with Gasteiger partial charge in [0.25, 0.3) is 0 Å². The molecule has 0 unspecified atom stereocenters. The Morgan fingerprint density at radius 2 is 1.82 bits per heavy atom. The molecule has 0 atom stereocenters. The van der Waals surface area contributed by atoms with E-state index in [1.165, 1.54) is 0 Å². The van der Waals surface area contributed by atoms with E-state index in [0.29, 0.717) is 5.57 Å². The van der Waals surface area contributed by atoms with Crippen molar-refractivity contribution in [2.45, 2.75) is 26.8 Å². The van der Waals surface area contributed by atoms with Crippen LogP contribution in [0.4, 0.5) is 0 Å². The Morgan fingerprint density at radius 1 is 1.45 bits per heavy atom. The minimum Gasteiger partial charge on any atom is -0.350 e. The predicted octanol–water partition coefficient (Wildman–Crippen LogP) is -0.0941. The van der Waals surface area contributed by atoms with E-state index in [9.17, 15) is 4.79 Å². The molecule has 0 spiro atoms. The van der Waals surface area contributed by atoms with Gasteiger partial charge >= 0.3 is 0 Å². The van der Waals surface area contributed by atoms with Crippen molar-refractivity contribution < 1.29 is 4.79 Å². The largest absolute Gasteiger partial charge is 0.350 e. The van der Waals surface area contributed by atoms with Crippen molar-refractivity contribution in [3.05, 3.63) is 12.2 Å². The molecule has 11 heavy (non-hydrogen) atoms. The molecule has 0 rings (SSSR count). The van der Waals surface area contributed by atoms with Crippen LogP contribution < -0.4 is 17.0 Å². The molecule has 0 aliphatic heterocycles. The van der Waals surface area contributed by atoms with Gasteiger partial charge in [-0.25, -0.2) is 0 Å². The Kier molecular flexibility index (Phi) is 8.41. The summed E-state index contributed by atoms with van der Waals surface area (Å²) in [4.78, 5) is 10.7. The van der Waals surface area contributed by atoms with Gasteiger partial charge in [-0.15, -0.1) is 0 Å². The smallest absolute Gasteiger partial charge is 0.246 e. The fraction of sp³-hybridized carbons (Fsp3) is 0.571. The molecule has 0 radical (unpaired) electrons. The Balaban J connectivity index is 0. The third-order valence-electron chi connectivity index (χ3n) is 0.807. The van der Waals surface area contributed by atoms with Gasteiger partial charge in [0, 0.05) is 11.6 Å². The molecule has 0 bridgehead atoms. The fourth-order valence-corrected chi connectivity index (χ4v) is 0.385. The summed E-state index contributed by atoms with van der Waals surface area (Å²) in [5.41, 5.74) is 0.559. The first-order valence-electron chi connectivity index (χ1n) is 3.33. The van der Waals surface area contributed by atoms with E-state index >= 15 is 0 Å². The Bertz CT molecular complexity index is 132. The quantitative estimate of drug-likeness (QED) is 0.299. The number of hydrogen-bond donors (Lipinski definition) is 3. The lowest BCUT2D eigenvalue weighted by Crippen LogP contribution is -2.30. The van der Waals surface area contributed by atoms with Crippen LogP contribution in [0.1, 0.15) is 20.8 Å². The average Bonchev–Trinajstić information content (AvgIpc) is 1.90. The maximum Gasteiger partial charge on any atom is 0.246 e. The number of carbonyl (C=O) groups excluding carboxylic acids is 1. The number of nitrogens with two attached hydrogens (primary N) is 2. The van der Waals surface area contributed by atoms with Gasteiger partial charge in [-0.3, -0.25) is 16.5 Å². The highest BCUT2D eigenvalue weighted by atomic mass is 16.1. The Morgan fingerprint density at radius 3 is 1.91 bits per heavy atom. The highest BCUT2D eigenvalue weighted by Gasteiger charge is 2.00. The van der Waals surface area contributed by atoms with Crippen molar-refractivity contribution in [3.8, 4) is 0 Å². The number of rotatable bonds is 2. The van der Waals surface area contributed by atoms with Gasteiger partial charge in [0.1, 0.15) is 0 Å². The lowest BCUT2D eigenvalue weighted by Gasteiger charge is -2.06. The molecule has 4 heteroatoms. The molecular weight excluding hydrogens is 142 g/mol. The van der Waals surface area contributed by atoms with Crippen LogP contribution in [0.3, 0.4) is 0 Å². The molecule has 1 amide bonds. The lowest BCUT2D eigenvalue weighted by molar-refractivity contribution is -0.117. The summed E-state index contributed by atoms with van der Waals surface area (Å²) in [5, 5.41) is 2.70. The first kappa shape index (κ1) is 12.8. The first-order chi connectivity index (χ1) is 5.04. The Hall–Kier alpha value is -0.870. The van der Waals surface area contributed by atoms with Crippen LogP contribution in [0, 0.1) is 0 Å². The second-order valence-corrected chi connectivity index (χ2v) is 2.41. The van der Waals surface area contributed by atoms with E-state index in [2.05, 4.69) is 23.6 Å². The maximum absolute atomic E-state index is 10.7. The lowest BCUT2D eigenvalue weighted by atomic mass is 10.3. The van der Waals surface area contributed by atoms with Crippen LogP contribution in [0.2, 0.25) is 0 Å². The number of nitrogens with one attached hydrogen (secondary N) is 1. The van der Waals surface area contributed by atoms with Crippen LogP contribution in [0.25, 0.3) is 0 Å². The van der Waals surface area contributed by atoms with Gasteiger partial charge in [0.15, 0.2) is 0 Å². The topological polar surface area (TPSA) is 81.1 Å². The minimum absolute atomic E-state index is 0.0648. The van der Waals surface area contributed by atoms with Crippen LogP contribution in [-0.2, 0) is 4.79 Å². The number of amides is 1. The first-order valence-corrected chi connectivity index (χ1v) is 3.33. The summed E-state index contributed by atoms with van der Waals surface area (Å²) in [7, 11) is 0. The molecule has 0 fully saturated rings. The molecular formula is C7H17N3O. The van der Waals surface area contributed by atoms with Crippen LogP contribution in [-0.4, -0.2) is 11.9 Å². The van der Waals surface area contributed by atoms with Gasteiger partial charge in [0.05, 0.1) is 0 Å². The van der Waals surface area contributed by atoms with Gasteiger partial charge in [0.2, 0.25) is 5.91 Å². The van der Waals surface area contributed by atoms with Crippen LogP contribution in [0.15, 0.2) is 12.2 Å². The summed E-state index contributed by atoms with van der Waals surface area (Å²) in [6.07, 6.45) is 0. The van der Waals surface area contributed by atoms with E-state index in [1.54, 1.807) is 6.92 Å². The second-order valence-electron chi connectivity index (χ2n) is 2.41.